The first-order chi connectivity index (χ1) is 18.4. The summed E-state index contributed by atoms with van der Waals surface area (Å²) >= 11 is 1.05. The average Bonchev–Trinajstić information content (AvgIpc) is 3.35. The summed E-state index contributed by atoms with van der Waals surface area (Å²) in [7, 11) is 0. The molecule has 12 heteroatoms. The number of nitrogens with two attached hydrogens (primary N) is 1. The monoisotopic (exact) mass is 555 g/mol. The van der Waals surface area contributed by atoms with Gasteiger partial charge in [-0.1, -0.05) is 17.4 Å². The molecule has 3 rings (SSSR count). The average molecular weight is 556 g/mol. The van der Waals surface area contributed by atoms with Gasteiger partial charge in [0.25, 0.3) is 0 Å². The minimum atomic E-state index is -0.821. The van der Waals surface area contributed by atoms with E-state index in [0.29, 0.717) is 29.5 Å². The molecule has 1 amide bonds. The maximum absolute atomic E-state index is 14.2. The normalized spacial score (nSPS) is 11.0. The van der Waals surface area contributed by atoms with Gasteiger partial charge in [-0.05, 0) is 64.1 Å². The van der Waals surface area contributed by atoms with E-state index in [9.17, 15) is 18.8 Å². The lowest BCUT2D eigenvalue weighted by molar-refractivity contribution is -0.116. The van der Waals surface area contributed by atoms with Crippen LogP contribution < -0.4 is 20.7 Å². The topological polar surface area (TPSA) is 148 Å². The molecule has 39 heavy (non-hydrogen) atoms. The predicted molar refractivity (Wildman–Crippen MR) is 147 cm³/mol. The van der Waals surface area contributed by atoms with Crippen molar-refractivity contribution in [2.24, 2.45) is 5.73 Å². The van der Waals surface area contributed by atoms with Gasteiger partial charge in [0.2, 0.25) is 5.91 Å². The molecule has 2 aromatic carbocycles. The number of nitrogens with one attached hydrogen (secondary N) is 2. The number of amidine groups is 1. The number of thiazole rings is 1. The van der Waals surface area contributed by atoms with Crippen LogP contribution in [0.1, 0.15) is 59.7 Å². The lowest BCUT2D eigenvalue weighted by Crippen LogP contribution is -2.27. The summed E-state index contributed by atoms with van der Waals surface area (Å²) in [5, 5.41) is 10.6. The second-order valence-corrected chi connectivity index (χ2v) is 10.4. The van der Waals surface area contributed by atoms with Gasteiger partial charge < -0.3 is 25.4 Å². The maximum Gasteiger partial charge on any atom is 0.355 e. The van der Waals surface area contributed by atoms with Crippen molar-refractivity contribution in [2.75, 3.05) is 23.3 Å². The van der Waals surface area contributed by atoms with Crippen molar-refractivity contribution >= 4 is 45.8 Å². The van der Waals surface area contributed by atoms with E-state index in [2.05, 4.69) is 10.3 Å². The summed E-state index contributed by atoms with van der Waals surface area (Å²) in [4.78, 5) is 43.6. The van der Waals surface area contributed by atoms with Crippen molar-refractivity contribution in [1.82, 2.24) is 4.98 Å². The molecule has 0 radical (unpaired) electrons. The molecular weight excluding hydrogens is 525 g/mol. The van der Waals surface area contributed by atoms with Gasteiger partial charge in [0.05, 0.1) is 11.8 Å². The quantitative estimate of drug-likeness (QED) is 0.142. The highest BCUT2D eigenvalue weighted by atomic mass is 32.1. The molecule has 4 N–H and O–H groups in total. The number of carbonyl (C=O) groups is 3. The maximum atomic E-state index is 14.2. The van der Waals surface area contributed by atoms with Crippen LogP contribution in [0.15, 0.2) is 48.7 Å². The molecule has 0 saturated heterocycles. The van der Waals surface area contributed by atoms with Crippen molar-refractivity contribution in [1.29, 1.82) is 5.41 Å². The number of halogens is 1. The van der Waals surface area contributed by atoms with Gasteiger partial charge in [-0.15, -0.1) is 0 Å². The van der Waals surface area contributed by atoms with Crippen molar-refractivity contribution < 1.29 is 28.2 Å². The highest BCUT2D eigenvalue weighted by Crippen LogP contribution is 2.26. The molecule has 3 aromatic rings. The van der Waals surface area contributed by atoms with Gasteiger partial charge in [-0.3, -0.25) is 10.2 Å². The molecule has 0 aliphatic carbocycles. The molecule has 0 aliphatic rings. The van der Waals surface area contributed by atoms with Crippen LogP contribution in [0.3, 0.4) is 0 Å². The van der Waals surface area contributed by atoms with Gasteiger partial charge in [0, 0.05) is 30.8 Å². The van der Waals surface area contributed by atoms with Gasteiger partial charge in [0.1, 0.15) is 16.3 Å². The molecular formula is C27H30FN5O5S. The second-order valence-electron chi connectivity index (χ2n) is 9.42. The number of hydrogen-bond donors (Lipinski definition) is 3. The minimum Gasteiger partial charge on any atom is -0.456 e. The van der Waals surface area contributed by atoms with Crippen LogP contribution in [0.25, 0.3) is 0 Å². The number of aromatic nitrogens is 1. The zero-order valence-corrected chi connectivity index (χ0v) is 22.9. The summed E-state index contributed by atoms with van der Waals surface area (Å²) in [6, 6.07) is 10.1. The number of nitrogens with zero attached hydrogens (tertiary/aromatic N) is 2. The van der Waals surface area contributed by atoms with Crippen molar-refractivity contribution in [3.05, 3.63) is 70.5 Å². The zero-order chi connectivity index (χ0) is 28.7. The Hall–Kier alpha value is -4.32. The Kier molecular flexibility index (Phi) is 9.36. The third kappa shape index (κ3) is 8.34. The van der Waals surface area contributed by atoms with Gasteiger partial charge in [0.15, 0.2) is 16.7 Å². The summed E-state index contributed by atoms with van der Waals surface area (Å²) in [5.41, 5.74) is 5.67. The Bertz CT molecular complexity index is 1380. The van der Waals surface area contributed by atoms with Crippen LogP contribution >= 0.6 is 11.3 Å². The van der Waals surface area contributed by atoms with E-state index in [1.54, 1.807) is 45.0 Å². The molecule has 1 heterocycles. The van der Waals surface area contributed by atoms with Crippen LogP contribution in [0.4, 0.5) is 15.2 Å². The molecule has 1 aromatic heterocycles. The zero-order valence-electron chi connectivity index (χ0n) is 22.0. The molecule has 0 unspecified atom stereocenters. The lowest BCUT2D eigenvalue weighted by Gasteiger charge is -2.20. The fourth-order valence-electron chi connectivity index (χ4n) is 3.32. The number of carbonyl (C=O) groups excluding carboxylic acids is 3. The van der Waals surface area contributed by atoms with Crippen molar-refractivity contribution in [3.8, 4) is 5.75 Å². The number of anilines is 2. The Labute approximate surface area is 229 Å². The SMILES string of the molecule is CCN(CCC(=O)Nc1cccc(C(=O)OC(C)(C)C)c1)c1ncc(C(=O)Oc2ccc(C(=N)N)cc2F)s1. The number of ether oxygens (including phenoxy) is 2. The van der Waals surface area contributed by atoms with Crippen LogP contribution in [-0.4, -0.2) is 47.4 Å². The summed E-state index contributed by atoms with van der Waals surface area (Å²) in [6.45, 7) is 8.05. The van der Waals surface area contributed by atoms with Crippen LogP contribution in [0, 0.1) is 11.2 Å². The number of rotatable bonds is 10. The van der Waals surface area contributed by atoms with Gasteiger partial charge in [-0.2, -0.15) is 0 Å². The summed E-state index contributed by atoms with van der Waals surface area (Å²) in [6.07, 6.45) is 1.45. The molecule has 0 aliphatic heterocycles. The van der Waals surface area contributed by atoms with Crippen molar-refractivity contribution in [3.63, 3.8) is 0 Å². The molecule has 0 saturated carbocycles. The molecule has 10 nitrogen and oxygen atoms in total. The second kappa shape index (κ2) is 12.5. The number of hydrogen-bond acceptors (Lipinski definition) is 9. The molecule has 0 atom stereocenters. The van der Waals surface area contributed by atoms with Crippen LogP contribution in [-0.2, 0) is 9.53 Å². The van der Waals surface area contributed by atoms with E-state index in [-0.39, 0.29) is 34.4 Å². The lowest BCUT2D eigenvalue weighted by atomic mass is 10.1. The Morgan fingerprint density at radius 1 is 1.13 bits per heavy atom. The summed E-state index contributed by atoms with van der Waals surface area (Å²) < 4.78 is 24.7. The minimum absolute atomic E-state index is 0.123. The van der Waals surface area contributed by atoms with Gasteiger partial charge in [-0.25, -0.2) is 19.0 Å². The van der Waals surface area contributed by atoms with E-state index in [4.69, 9.17) is 20.6 Å². The first-order valence-corrected chi connectivity index (χ1v) is 12.9. The third-order valence-electron chi connectivity index (χ3n) is 5.18. The largest absolute Gasteiger partial charge is 0.456 e. The standard InChI is InChI=1S/C27H30FN5O5S/c1-5-33(12-11-22(34)32-18-8-6-7-17(13-18)24(35)38-27(2,3)4)26-31-15-21(39-26)25(36)37-20-10-9-16(23(29)30)14-19(20)28/h6-10,13-15H,5,11-12H2,1-4H3,(H3,29,30)(H,32,34). The highest BCUT2D eigenvalue weighted by molar-refractivity contribution is 7.17. The van der Waals surface area contributed by atoms with E-state index in [1.807, 2.05) is 11.8 Å². The first kappa shape index (κ1) is 29.2. The molecule has 0 bridgehead atoms. The Balaban J connectivity index is 1.58. The highest BCUT2D eigenvalue weighted by Gasteiger charge is 2.20. The van der Waals surface area contributed by atoms with Crippen LogP contribution in [0.5, 0.6) is 5.75 Å². The predicted octanol–water partition coefficient (Wildman–Crippen LogP) is 4.60. The number of benzene rings is 2. The first-order valence-electron chi connectivity index (χ1n) is 12.1. The smallest absolute Gasteiger partial charge is 0.355 e. The summed E-state index contributed by atoms with van der Waals surface area (Å²) in [5.74, 6) is -2.95. The van der Waals surface area contributed by atoms with E-state index in [0.717, 1.165) is 17.4 Å². The molecule has 0 spiro atoms. The Morgan fingerprint density at radius 2 is 1.87 bits per heavy atom. The van der Waals surface area contributed by atoms with E-state index < -0.39 is 23.4 Å². The number of nitrogen functional groups attached to an aromatic ring is 1. The van der Waals surface area contributed by atoms with Crippen molar-refractivity contribution in [2.45, 2.75) is 39.7 Å². The number of esters is 2. The van der Waals surface area contributed by atoms with Gasteiger partial charge >= 0.3 is 11.9 Å². The van der Waals surface area contributed by atoms with E-state index >= 15 is 0 Å². The molecule has 206 valence electrons. The Morgan fingerprint density at radius 3 is 2.51 bits per heavy atom. The third-order valence-corrected chi connectivity index (χ3v) is 6.22. The fourth-order valence-corrected chi connectivity index (χ4v) is 4.20. The van der Waals surface area contributed by atoms with E-state index in [1.165, 1.54) is 18.3 Å². The molecule has 0 fully saturated rings. The fraction of sp³-hybridized carbons (Fsp3) is 0.296. The van der Waals surface area contributed by atoms with Crippen LogP contribution in [0.2, 0.25) is 0 Å². The number of amides is 1.